The van der Waals surface area contributed by atoms with E-state index in [0.717, 1.165) is 22.5 Å². The molecule has 0 aliphatic rings. The van der Waals surface area contributed by atoms with Crippen LogP contribution in [-0.2, 0) is 20.1 Å². The molecule has 3 N–H and O–H groups in total. The molecule has 7 aromatic rings. The molecule has 0 saturated heterocycles. The van der Waals surface area contributed by atoms with Crippen LogP contribution >= 0.6 is 0 Å². The van der Waals surface area contributed by atoms with E-state index in [-0.39, 0.29) is 42.5 Å². The van der Waals surface area contributed by atoms with Gasteiger partial charge in [-0.2, -0.15) is 0 Å². The number of nitrogens with zero attached hydrogens (tertiary/aromatic N) is 1. The van der Waals surface area contributed by atoms with Crippen LogP contribution in [0.5, 0.6) is 0 Å². The second kappa shape index (κ2) is 17.9. The minimum atomic E-state index is -0.306. The van der Waals surface area contributed by atoms with E-state index in [1.54, 1.807) is 0 Å². The first-order chi connectivity index (χ1) is 25.6. The number of H-pyrrole nitrogens is 1. The Bertz CT molecular complexity index is 2480. The number of aliphatic hydroxyl groups is 1. The minimum absolute atomic E-state index is 0. The van der Waals surface area contributed by atoms with Gasteiger partial charge in [-0.05, 0) is 84.8 Å². The molecule has 1 radical (unpaired) electrons. The van der Waals surface area contributed by atoms with Gasteiger partial charge in [-0.25, -0.2) is 4.98 Å². The fourth-order valence-corrected chi connectivity index (χ4v) is 6.23. The van der Waals surface area contributed by atoms with Gasteiger partial charge in [0.1, 0.15) is 5.76 Å². The summed E-state index contributed by atoms with van der Waals surface area (Å²) < 4.78 is 0. The average Bonchev–Trinajstić information content (AvgIpc) is 3.13. The van der Waals surface area contributed by atoms with E-state index in [4.69, 9.17) is 0 Å². The summed E-state index contributed by atoms with van der Waals surface area (Å²) in [5.41, 5.74) is 8.66. The van der Waals surface area contributed by atoms with Gasteiger partial charge in [-0.1, -0.05) is 114 Å². The zero-order chi connectivity index (χ0) is 39.2. The first-order valence-corrected chi connectivity index (χ1v) is 18.4. The number of carbonyl (C=O) groups excluding carboxylic acids is 1. The van der Waals surface area contributed by atoms with E-state index < -0.39 is 0 Å². The van der Waals surface area contributed by atoms with Crippen LogP contribution in [0.25, 0.3) is 60.9 Å². The molecule has 0 aliphatic carbocycles. The number of aryl methyl sites for hydroxylation is 3. The molecule has 0 fully saturated rings. The molecule has 0 saturated carbocycles. The summed E-state index contributed by atoms with van der Waals surface area (Å²) in [6.07, 6.45) is 7.24. The van der Waals surface area contributed by atoms with Crippen molar-refractivity contribution in [1.29, 1.82) is 0 Å². The van der Waals surface area contributed by atoms with E-state index in [9.17, 15) is 9.90 Å². The normalized spacial score (nSPS) is 11.5. The monoisotopic (exact) mass is 906 g/mol. The molecule has 55 heavy (non-hydrogen) atoms. The van der Waals surface area contributed by atoms with E-state index in [2.05, 4.69) is 147 Å². The van der Waals surface area contributed by atoms with Crippen LogP contribution < -0.4 is 4.98 Å². The smallest absolute Gasteiger partial charge is 0.325 e. The number of fused-ring (bicyclic) bond motifs is 4. The molecule has 4 nitrogen and oxygen atoms in total. The quantitative estimate of drug-likeness (QED) is 0.0628. The summed E-state index contributed by atoms with van der Waals surface area (Å²) >= 11 is 0. The number of aromatic nitrogens is 2. The maximum atomic E-state index is 9.60. The number of ketones is 1. The number of hydrogen-bond acceptors (Lipinski definition) is 2. The van der Waals surface area contributed by atoms with Crippen LogP contribution in [0.1, 0.15) is 63.8 Å². The Hall–Kier alpha value is -5.22. The molecule has 2 aromatic heterocycles. The van der Waals surface area contributed by atoms with Crippen molar-refractivity contribution >= 4 is 44.2 Å². The zero-order valence-corrected chi connectivity index (χ0v) is 35.9. The van der Waals surface area contributed by atoms with Crippen molar-refractivity contribution in [3.63, 3.8) is 0 Å². The van der Waals surface area contributed by atoms with Crippen molar-refractivity contribution in [3.8, 4) is 22.5 Å². The van der Waals surface area contributed by atoms with Crippen LogP contribution in [-0.4, -0.2) is 20.7 Å². The molecule has 5 heteroatoms. The molecule has 0 spiro atoms. The van der Waals surface area contributed by atoms with Gasteiger partial charge in [0.05, 0.1) is 16.9 Å². The van der Waals surface area contributed by atoms with Crippen LogP contribution in [0.2, 0.25) is 0 Å². The molecule has 7 rings (SSSR count). The third-order valence-electron chi connectivity index (χ3n) is 9.30. The van der Waals surface area contributed by atoms with Gasteiger partial charge in [0.25, 0.3) is 0 Å². The number of aromatic amines is 1. The topological polar surface area (TPSA) is 68.7 Å². The summed E-state index contributed by atoms with van der Waals surface area (Å²) in [6.45, 7) is 21.6. The average molecular weight is 906 g/mol. The zero-order valence-electron chi connectivity index (χ0n) is 33.5. The molecule has 2 heterocycles. The van der Waals surface area contributed by atoms with Gasteiger partial charge in [0.2, 0.25) is 5.69 Å². The molecule has 283 valence electrons. The Morgan fingerprint density at radius 2 is 1.44 bits per heavy atom. The molecule has 0 aliphatic heterocycles. The summed E-state index contributed by atoms with van der Waals surface area (Å²) in [5, 5.41) is 17.0. The fraction of sp³-hybridized carbons (Fsp3) is 0.220. The third-order valence-corrected chi connectivity index (χ3v) is 9.30. The third kappa shape index (κ3) is 10.5. The largest absolute Gasteiger partial charge is 0.511 e. The van der Waals surface area contributed by atoms with Crippen LogP contribution in [0.3, 0.4) is 0 Å². The Balaban J connectivity index is 0.000000189. The van der Waals surface area contributed by atoms with Crippen LogP contribution in [0.4, 0.5) is 0 Å². The molecular formula is C50H53IrN2O2+. The molecule has 5 aromatic carbocycles. The van der Waals surface area contributed by atoms with E-state index in [0.29, 0.717) is 0 Å². The van der Waals surface area contributed by atoms with E-state index in [1.165, 1.54) is 60.6 Å². The molecule has 0 bridgehead atoms. The van der Waals surface area contributed by atoms with Gasteiger partial charge in [-0.15, -0.1) is 34.9 Å². The van der Waals surface area contributed by atoms with Crippen molar-refractivity contribution < 1.29 is 35.0 Å². The maximum absolute atomic E-state index is 9.60. The van der Waals surface area contributed by atoms with Gasteiger partial charge in [0.15, 0.2) is 6.20 Å². The Labute approximate surface area is 340 Å². The van der Waals surface area contributed by atoms with Crippen molar-refractivity contribution in [3.05, 3.63) is 162 Å². The van der Waals surface area contributed by atoms with Crippen molar-refractivity contribution in [2.24, 2.45) is 10.8 Å². The minimum Gasteiger partial charge on any atom is -0.511 e. The van der Waals surface area contributed by atoms with Gasteiger partial charge in [0, 0.05) is 48.7 Å². The van der Waals surface area contributed by atoms with Gasteiger partial charge >= 0.3 is 5.78 Å². The Kier molecular flexibility index (Phi) is 13.9. The number of aliphatic hydroxyl groups excluding tert-OH is 1. The fourth-order valence-electron chi connectivity index (χ4n) is 6.23. The SMILES string of the molecule is C=Cc1cccc2c(-c3cccc(C)c3)[nH+]ccc12.CC(C)(C)C(=[OH+])C=C(O)C(C)(C)C.Cc1[c-]c(-c2nccc3c2ccc2ccccc23)cc(C)c1.[Ir]. The standard InChI is InChI=1S/C21H16N.C18H15N.C11H20O2.Ir/c1-14-11-15(2)13-17(12-14)21-20-8-7-16-5-3-4-6-18(16)19(20)9-10-22-21;1-3-14-7-5-9-17-16(14)10-11-19-18(17)15-8-4-6-13(2)12-15;1-10(2,3)8(12)7-9(13)11(4,5)6;/h3-12H,1-2H3;3-12H,1H2,2H3;7,12H,1-6H3;/q-1;;;/p+2. The Morgan fingerprint density at radius 1 is 0.727 bits per heavy atom. The number of benzene rings is 5. The number of rotatable bonds is 4. The molecule has 0 amide bonds. The van der Waals surface area contributed by atoms with Gasteiger partial charge in [-0.3, -0.25) is 4.79 Å². The predicted octanol–water partition coefficient (Wildman–Crippen LogP) is 12.8. The Morgan fingerprint density at radius 3 is 2.11 bits per heavy atom. The molecular weight excluding hydrogens is 853 g/mol. The van der Waals surface area contributed by atoms with Crippen molar-refractivity contribution in [1.82, 2.24) is 4.98 Å². The number of allylic oxidation sites excluding steroid dienone is 2. The summed E-state index contributed by atoms with van der Waals surface area (Å²) in [7, 11) is 0. The first-order valence-electron chi connectivity index (χ1n) is 18.4. The van der Waals surface area contributed by atoms with Gasteiger partial charge < -0.3 is 10.1 Å². The van der Waals surface area contributed by atoms with Crippen molar-refractivity contribution in [2.45, 2.75) is 62.3 Å². The van der Waals surface area contributed by atoms with Crippen LogP contribution in [0.15, 0.2) is 134 Å². The summed E-state index contributed by atoms with van der Waals surface area (Å²) in [4.78, 5) is 17.6. The maximum Gasteiger partial charge on any atom is 0.325 e. The second-order valence-electron chi connectivity index (χ2n) is 15.9. The first kappa shape index (κ1) is 42.5. The number of pyridine rings is 2. The molecule has 0 atom stereocenters. The summed E-state index contributed by atoms with van der Waals surface area (Å²) in [5.74, 6) is 0.417. The van der Waals surface area contributed by atoms with Crippen LogP contribution in [0, 0.1) is 37.7 Å². The summed E-state index contributed by atoms with van der Waals surface area (Å²) in [6, 6.07) is 39.6. The second-order valence-corrected chi connectivity index (χ2v) is 15.9. The predicted molar refractivity (Wildman–Crippen MR) is 230 cm³/mol. The van der Waals surface area contributed by atoms with Crippen molar-refractivity contribution in [2.75, 3.05) is 0 Å². The molecule has 0 unspecified atom stereocenters. The van der Waals surface area contributed by atoms with E-state index in [1.807, 2.05) is 60.0 Å². The number of hydrogen-bond donors (Lipinski definition) is 1. The van der Waals surface area contributed by atoms with E-state index >= 15 is 0 Å². The number of nitrogens with one attached hydrogen (secondary N) is 1.